The van der Waals surface area contributed by atoms with Crippen molar-refractivity contribution in [2.75, 3.05) is 6.61 Å². The van der Waals surface area contributed by atoms with Crippen LogP contribution in [-0.4, -0.2) is 59.8 Å². The van der Waals surface area contributed by atoms with Gasteiger partial charge in [-0.1, -0.05) is 0 Å². The second kappa shape index (κ2) is 4.25. The Morgan fingerprint density at radius 3 is 2.83 bits per heavy atom. The summed E-state index contributed by atoms with van der Waals surface area (Å²) in [6.45, 7) is -0.365. The average Bonchev–Trinajstić information content (AvgIpc) is 2.93. The van der Waals surface area contributed by atoms with Gasteiger partial charge in [-0.15, -0.1) is 0 Å². The lowest BCUT2D eigenvalue weighted by Gasteiger charge is -2.16. The van der Waals surface area contributed by atoms with Crippen LogP contribution in [0.3, 0.4) is 0 Å². The van der Waals surface area contributed by atoms with Crippen LogP contribution in [0.25, 0.3) is 11.2 Å². The molecular formula is C10H12N4O4. The third kappa shape index (κ3) is 1.58. The van der Waals surface area contributed by atoms with Gasteiger partial charge >= 0.3 is 0 Å². The highest BCUT2D eigenvalue weighted by Crippen LogP contribution is 2.30. The molecule has 1 aliphatic rings. The van der Waals surface area contributed by atoms with Crippen molar-refractivity contribution < 1.29 is 20.1 Å². The topological polar surface area (TPSA) is 114 Å². The Kier molecular flexibility index (Phi) is 2.71. The largest absolute Gasteiger partial charge is 0.394 e. The predicted octanol–water partition coefficient (Wildman–Crippen LogP) is -1.56. The fourth-order valence-corrected chi connectivity index (χ4v) is 2.08. The normalized spacial score (nSPS) is 32.2. The van der Waals surface area contributed by atoms with E-state index in [1.54, 1.807) is 6.20 Å². The molecule has 0 amide bonds. The quantitative estimate of drug-likeness (QED) is 0.592. The Hall–Kier alpha value is -1.61. The number of rotatable bonds is 2. The molecule has 8 nitrogen and oxygen atoms in total. The van der Waals surface area contributed by atoms with Crippen molar-refractivity contribution in [3.63, 3.8) is 0 Å². The molecule has 2 aromatic heterocycles. The second-order valence-electron chi connectivity index (χ2n) is 4.11. The van der Waals surface area contributed by atoms with E-state index in [2.05, 4.69) is 15.0 Å². The van der Waals surface area contributed by atoms with E-state index >= 15 is 0 Å². The molecule has 3 heterocycles. The van der Waals surface area contributed by atoms with Crippen LogP contribution in [-0.2, 0) is 4.74 Å². The lowest BCUT2D eigenvalue weighted by atomic mass is 10.1. The molecule has 1 aliphatic heterocycles. The highest BCUT2D eigenvalue weighted by atomic mass is 16.6. The minimum absolute atomic E-state index is 0.365. The molecule has 4 atom stereocenters. The van der Waals surface area contributed by atoms with Gasteiger partial charge in [-0.25, -0.2) is 15.0 Å². The summed E-state index contributed by atoms with van der Waals surface area (Å²) >= 11 is 0. The van der Waals surface area contributed by atoms with Crippen molar-refractivity contribution in [3.05, 3.63) is 18.9 Å². The number of aliphatic hydroxyl groups excluding tert-OH is 3. The molecule has 0 saturated carbocycles. The summed E-state index contributed by atoms with van der Waals surface area (Å²) in [4.78, 5) is 12.0. The molecule has 1 saturated heterocycles. The van der Waals surface area contributed by atoms with Crippen molar-refractivity contribution in [1.82, 2.24) is 19.5 Å². The van der Waals surface area contributed by atoms with Gasteiger partial charge in [0.2, 0.25) is 0 Å². The van der Waals surface area contributed by atoms with Crippen LogP contribution < -0.4 is 0 Å². The third-order valence-electron chi connectivity index (χ3n) is 3.03. The second-order valence-corrected chi connectivity index (χ2v) is 4.11. The zero-order valence-corrected chi connectivity index (χ0v) is 9.29. The van der Waals surface area contributed by atoms with Crippen molar-refractivity contribution in [1.29, 1.82) is 0 Å². The first-order chi connectivity index (χ1) is 8.72. The van der Waals surface area contributed by atoms with Crippen LogP contribution >= 0.6 is 0 Å². The number of hydrogen-bond donors (Lipinski definition) is 3. The van der Waals surface area contributed by atoms with Gasteiger partial charge in [0.1, 0.15) is 30.2 Å². The molecule has 0 spiro atoms. The van der Waals surface area contributed by atoms with E-state index in [1.807, 2.05) is 0 Å². The minimum atomic E-state index is -1.14. The number of ether oxygens (including phenoxy) is 1. The van der Waals surface area contributed by atoms with Crippen molar-refractivity contribution in [2.45, 2.75) is 24.5 Å². The molecule has 8 heteroatoms. The molecular weight excluding hydrogens is 240 g/mol. The van der Waals surface area contributed by atoms with Crippen molar-refractivity contribution in [2.24, 2.45) is 0 Å². The fourth-order valence-electron chi connectivity index (χ4n) is 2.08. The zero-order chi connectivity index (χ0) is 12.7. The van der Waals surface area contributed by atoms with E-state index in [0.29, 0.717) is 11.2 Å². The molecule has 2 aromatic rings. The summed E-state index contributed by atoms with van der Waals surface area (Å²) in [5.41, 5.74) is 1.06. The van der Waals surface area contributed by atoms with Crippen LogP contribution in [0.1, 0.15) is 6.23 Å². The number of aliphatic hydroxyl groups is 3. The summed E-state index contributed by atoms with van der Waals surface area (Å²) < 4.78 is 6.91. The number of fused-ring (bicyclic) bond motifs is 1. The zero-order valence-electron chi connectivity index (χ0n) is 9.29. The fraction of sp³-hybridized carbons (Fsp3) is 0.500. The summed E-state index contributed by atoms with van der Waals surface area (Å²) in [6.07, 6.45) is 0.442. The van der Waals surface area contributed by atoms with Crippen LogP contribution in [0.5, 0.6) is 0 Å². The van der Waals surface area contributed by atoms with E-state index in [9.17, 15) is 10.2 Å². The van der Waals surface area contributed by atoms with E-state index in [1.165, 1.54) is 17.2 Å². The standard InChI is InChI=1S/C10H12N4O4/c15-2-6-7(16)8(17)10(18-6)14-4-13-5-1-11-3-12-9(5)14/h1,3-4,6-8,10,15-17H,2H2/t6-,7-,8+,10?/m1/s1. The first kappa shape index (κ1) is 11.5. The summed E-state index contributed by atoms with van der Waals surface area (Å²) in [7, 11) is 0. The van der Waals surface area contributed by atoms with E-state index in [-0.39, 0.29) is 6.61 Å². The number of hydrogen-bond acceptors (Lipinski definition) is 7. The molecule has 0 aromatic carbocycles. The SMILES string of the molecule is OC[C@H]1OC(n2cnc3cncnc32)[C@@H](O)[C@@H]1O. The first-order valence-electron chi connectivity index (χ1n) is 5.47. The predicted molar refractivity (Wildman–Crippen MR) is 58.3 cm³/mol. The molecule has 1 unspecified atom stereocenters. The number of aromatic nitrogens is 4. The summed E-state index contributed by atoms with van der Waals surface area (Å²) in [5, 5.41) is 28.6. The van der Waals surface area contributed by atoms with Gasteiger partial charge in [0.25, 0.3) is 0 Å². The Balaban J connectivity index is 2.00. The smallest absolute Gasteiger partial charge is 0.165 e. The van der Waals surface area contributed by atoms with Gasteiger partial charge in [0.15, 0.2) is 11.9 Å². The monoisotopic (exact) mass is 252 g/mol. The molecule has 3 rings (SSSR count). The average molecular weight is 252 g/mol. The Morgan fingerprint density at radius 2 is 2.11 bits per heavy atom. The Labute approximate surface area is 102 Å². The van der Waals surface area contributed by atoms with Gasteiger partial charge < -0.3 is 20.1 Å². The molecule has 0 radical (unpaired) electrons. The summed E-state index contributed by atoms with van der Waals surface area (Å²) in [5.74, 6) is 0. The van der Waals surface area contributed by atoms with Crippen LogP contribution in [0, 0.1) is 0 Å². The first-order valence-corrected chi connectivity index (χ1v) is 5.47. The van der Waals surface area contributed by atoms with Crippen molar-refractivity contribution in [3.8, 4) is 0 Å². The van der Waals surface area contributed by atoms with Gasteiger partial charge in [0, 0.05) is 0 Å². The van der Waals surface area contributed by atoms with Crippen LogP contribution in [0.2, 0.25) is 0 Å². The third-order valence-corrected chi connectivity index (χ3v) is 3.03. The molecule has 0 aliphatic carbocycles. The van der Waals surface area contributed by atoms with E-state index in [4.69, 9.17) is 9.84 Å². The van der Waals surface area contributed by atoms with E-state index < -0.39 is 24.5 Å². The summed E-state index contributed by atoms with van der Waals surface area (Å²) in [6, 6.07) is 0. The van der Waals surface area contributed by atoms with Gasteiger partial charge in [-0.05, 0) is 0 Å². The Bertz CT molecular complexity index is 560. The van der Waals surface area contributed by atoms with Gasteiger partial charge in [-0.2, -0.15) is 0 Å². The molecule has 3 N–H and O–H groups in total. The van der Waals surface area contributed by atoms with Gasteiger partial charge in [0.05, 0.1) is 19.1 Å². The van der Waals surface area contributed by atoms with Crippen LogP contribution in [0.4, 0.5) is 0 Å². The highest BCUT2D eigenvalue weighted by Gasteiger charge is 2.43. The lowest BCUT2D eigenvalue weighted by Crippen LogP contribution is -2.33. The lowest BCUT2D eigenvalue weighted by molar-refractivity contribution is -0.0511. The molecule has 0 bridgehead atoms. The molecule has 18 heavy (non-hydrogen) atoms. The van der Waals surface area contributed by atoms with E-state index in [0.717, 1.165) is 0 Å². The Morgan fingerprint density at radius 1 is 1.28 bits per heavy atom. The van der Waals surface area contributed by atoms with Crippen molar-refractivity contribution >= 4 is 11.2 Å². The maximum Gasteiger partial charge on any atom is 0.165 e. The van der Waals surface area contributed by atoms with Gasteiger partial charge in [-0.3, -0.25) is 4.57 Å². The molecule has 1 fully saturated rings. The maximum absolute atomic E-state index is 9.91. The van der Waals surface area contributed by atoms with Crippen LogP contribution in [0.15, 0.2) is 18.9 Å². The number of nitrogens with zero attached hydrogens (tertiary/aromatic N) is 4. The highest BCUT2D eigenvalue weighted by molar-refractivity contribution is 5.68. The number of imidazole rings is 1. The minimum Gasteiger partial charge on any atom is -0.394 e. The molecule has 96 valence electrons. The maximum atomic E-state index is 9.91.